The van der Waals surface area contributed by atoms with Crippen molar-refractivity contribution in [1.29, 1.82) is 0 Å². The summed E-state index contributed by atoms with van der Waals surface area (Å²) in [6, 6.07) is 0. The fraction of sp³-hybridized carbons (Fsp3) is 0.167. The molecular formula is C6H4F4N. The molecule has 0 aromatic rings. The Hall–Kier alpha value is -1.00. The van der Waals surface area contributed by atoms with E-state index in [1.165, 1.54) is 0 Å². The van der Waals surface area contributed by atoms with Crippen LogP contribution in [0.4, 0.5) is 17.6 Å². The topological polar surface area (TPSA) is 12.0 Å². The molecule has 1 aliphatic rings. The van der Waals surface area contributed by atoms with Crippen LogP contribution in [0.1, 0.15) is 0 Å². The number of hydrogen-bond acceptors (Lipinski definition) is 1. The average molecular weight is 166 g/mol. The van der Waals surface area contributed by atoms with Crippen LogP contribution >= 0.6 is 0 Å². The van der Waals surface area contributed by atoms with Crippen LogP contribution in [0.5, 0.6) is 0 Å². The maximum atomic E-state index is 12.1. The van der Waals surface area contributed by atoms with Gasteiger partial charge in [-0.05, 0) is 12.2 Å². The molecule has 0 aromatic heterocycles. The number of hydrogen-bond donors (Lipinski definition) is 1. The Morgan fingerprint density at radius 3 is 2.27 bits per heavy atom. The highest BCUT2D eigenvalue weighted by molar-refractivity contribution is 5.26. The lowest BCUT2D eigenvalue weighted by molar-refractivity contribution is -0.0973. The molecule has 0 spiro atoms. The van der Waals surface area contributed by atoms with Crippen LogP contribution in [0.15, 0.2) is 23.9 Å². The average Bonchev–Trinajstić information content (AvgIpc) is 1.86. The number of allylic oxidation sites excluding steroid dienone is 3. The van der Waals surface area contributed by atoms with Gasteiger partial charge in [-0.15, -0.1) is 0 Å². The molecule has 1 aliphatic heterocycles. The van der Waals surface area contributed by atoms with Crippen LogP contribution in [0.2, 0.25) is 0 Å². The summed E-state index contributed by atoms with van der Waals surface area (Å²) >= 11 is 0. The van der Waals surface area contributed by atoms with Gasteiger partial charge in [0, 0.05) is 0 Å². The molecular weight excluding hydrogens is 162 g/mol. The summed E-state index contributed by atoms with van der Waals surface area (Å²) < 4.78 is 47.5. The summed E-state index contributed by atoms with van der Waals surface area (Å²) in [5.74, 6) is 0. The number of nitrogens with one attached hydrogen (secondary N) is 1. The number of halogens is 4. The lowest BCUT2D eigenvalue weighted by Gasteiger charge is -2.16. The zero-order chi connectivity index (χ0) is 8.48. The molecule has 61 valence electrons. The standard InChI is InChI=1S/C6H4F4N/c7-5-3-1-2-4(11-5)6(8,9)10/h1-3,11H. The minimum absolute atomic E-state index is 0.767. The van der Waals surface area contributed by atoms with Crippen molar-refractivity contribution in [1.82, 2.24) is 5.32 Å². The van der Waals surface area contributed by atoms with Crippen molar-refractivity contribution >= 4 is 0 Å². The van der Waals surface area contributed by atoms with E-state index in [0.717, 1.165) is 18.2 Å². The maximum Gasteiger partial charge on any atom is 0.431 e. The highest BCUT2D eigenvalue weighted by Crippen LogP contribution is 2.26. The summed E-state index contributed by atoms with van der Waals surface area (Å²) in [6.45, 7) is 0. The van der Waals surface area contributed by atoms with Crippen LogP contribution in [0.25, 0.3) is 0 Å². The van der Waals surface area contributed by atoms with E-state index in [-0.39, 0.29) is 0 Å². The van der Waals surface area contributed by atoms with Crippen LogP contribution in [0, 0.1) is 6.30 Å². The molecule has 1 radical (unpaired) electrons. The molecule has 0 unspecified atom stereocenters. The largest absolute Gasteiger partial charge is 0.431 e. The van der Waals surface area contributed by atoms with Gasteiger partial charge in [-0.2, -0.15) is 13.2 Å². The second-order valence-corrected chi connectivity index (χ2v) is 1.91. The third-order valence-electron chi connectivity index (χ3n) is 1.06. The van der Waals surface area contributed by atoms with Crippen molar-refractivity contribution in [2.24, 2.45) is 0 Å². The van der Waals surface area contributed by atoms with E-state index in [0.29, 0.717) is 0 Å². The molecule has 0 saturated carbocycles. The van der Waals surface area contributed by atoms with Crippen molar-refractivity contribution < 1.29 is 17.6 Å². The smallest absolute Gasteiger partial charge is 0.342 e. The molecule has 1 heterocycles. The van der Waals surface area contributed by atoms with Gasteiger partial charge in [-0.25, -0.2) is 4.39 Å². The van der Waals surface area contributed by atoms with Gasteiger partial charge in [0.15, 0.2) is 0 Å². The van der Waals surface area contributed by atoms with Crippen molar-refractivity contribution in [2.45, 2.75) is 6.18 Å². The summed E-state index contributed by atoms with van der Waals surface area (Å²) in [7, 11) is 0. The molecule has 1 N–H and O–H groups in total. The Morgan fingerprint density at radius 1 is 1.27 bits per heavy atom. The minimum Gasteiger partial charge on any atom is -0.342 e. The number of rotatable bonds is 0. The molecule has 0 saturated heterocycles. The first-order chi connectivity index (χ1) is 5.00. The predicted octanol–water partition coefficient (Wildman–Crippen LogP) is 2.05. The maximum absolute atomic E-state index is 12.1. The van der Waals surface area contributed by atoms with Crippen molar-refractivity contribution in [3.63, 3.8) is 0 Å². The Balaban J connectivity index is 2.75. The highest BCUT2D eigenvalue weighted by atomic mass is 19.4. The molecule has 1 rings (SSSR count). The third kappa shape index (κ3) is 1.96. The van der Waals surface area contributed by atoms with Gasteiger partial charge in [0.25, 0.3) is 6.30 Å². The second kappa shape index (κ2) is 2.56. The van der Waals surface area contributed by atoms with Crippen LogP contribution in [-0.2, 0) is 0 Å². The van der Waals surface area contributed by atoms with Crippen LogP contribution in [-0.4, -0.2) is 6.18 Å². The minimum atomic E-state index is -4.51. The highest BCUT2D eigenvalue weighted by Gasteiger charge is 2.35. The molecule has 0 aromatic carbocycles. The van der Waals surface area contributed by atoms with E-state index in [1.54, 1.807) is 5.32 Å². The molecule has 0 amide bonds. The zero-order valence-corrected chi connectivity index (χ0v) is 5.24. The molecule has 1 nitrogen and oxygen atoms in total. The monoisotopic (exact) mass is 166 g/mol. The first-order valence-electron chi connectivity index (χ1n) is 2.75. The van der Waals surface area contributed by atoms with E-state index >= 15 is 0 Å². The first kappa shape index (κ1) is 8.10. The van der Waals surface area contributed by atoms with Gasteiger partial charge < -0.3 is 5.32 Å². The molecule has 0 bridgehead atoms. The summed E-state index contributed by atoms with van der Waals surface area (Å²) in [5, 5.41) is 1.56. The van der Waals surface area contributed by atoms with Crippen LogP contribution in [0.3, 0.4) is 0 Å². The van der Waals surface area contributed by atoms with Gasteiger partial charge in [0.2, 0.25) is 0 Å². The SMILES string of the molecule is F[C]1C=CC=C(C(F)(F)F)N1. The van der Waals surface area contributed by atoms with Crippen molar-refractivity contribution in [3.05, 3.63) is 30.2 Å². The first-order valence-corrected chi connectivity index (χ1v) is 2.75. The Labute approximate surface area is 60.4 Å². The number of dihydropyridines is 1. The van der Waals surface area contributed by atoms with E-state index in [4.69, 9.17) is 0 Å². The van der Waals surface area contributed by atoms with E-state index in [2.05, 4.69) is 0 Å². The van der Waals surface area contributed by atoms with Crippen molar-refractivity contribution in [3.8, 4) is 0 Å². The van der Waals surface area contributed by atoms with Gasteiger partial charge in [0.1, 0.15) is 5.70 Å². The Bertz CT molecular complexity index is 203. The zero-order valence-electron chi connectivity index (χ0n) is 5.24. The summed E-state index contributed by atoms with van der Waals surface area (Å²) in [4.78, 5) is 0. The lowest BCUT2D eigenvalue weighted by Crippen LogP contribution is -2.28. The lowest BCUT2D eigenvalue weighted by atomic mass is 10.3. The van der Waals surface area contributed by atoms with Gasteiger partial charge in [0.05, 0.1) is 0 Å². The Morgan fingerprint density at radius 2 is 1.91 bits per heavy atom. The molecule has 0 fully saturated rings. The van der Waals surface area contributed by atoms with Crippen molar-refractivity contribution in [2.75, 3.05) is 0 Å². The van der Waals surface area contributed by atoms with Gasteiger partial charge >= 0.3 is 6.18 Å². The molecule has 5 heteroatoms. The van der Waals surface area contributed by atoms with Gasteiger partial charge in [-0.3, -0.25) is 0 Å². The predicted molar refractivity (Wildman–Crippen MR) is 30.8 cm³/mol. The molecule has 0 aliphatic carbocycles. The summed E-state index contributed by atoms with van der Waals surface area (Å²) in [6.07, 6.45) is -2.84. The normalized spacial score (nSPS) is 19.5. The van der Waals surface area contributed by atoms with Crippen LogP contribution < -0.4 is 5.32 Å². The van der Waals surface area contributed by atoms with E-state index < -0.39 is 18.2 Å². The third-order valence-corrected chi connectivity index (χ3v) is 1.06. The summed E-state index contributed by atoms with van der Waals surface area (Å²) in [5.41, 5.74) is -1.09. The molecule has 0 atom stereocenters. The second-order valence-electron chi connectivity index (χ2n) is 1.91. The number of alkyl halides is 3. The van der Waals surface area contributed by atoms with E-state index in [9.17, 15) is 17.6 Å². The molecule has 11 heavy (non-hydrogen) atoms. The fourth-order valence-electron chi connectivity index (χ4n) is 0.606. The Kier molecular flexibility index (Phi) is 1.89. The fourth-order valence-corrected chi connectivity index (χ4v) is 0.606. The quantitative estimate of drug-likeness (QED) is 0.429. The van der Waals surface area contributed by atoms with E-state index in [1.807, 2.05) is 0 Å². The van der Waals surface area contributed by atoms with Gasteiger partial charge in [-0.1, -0.05) is 6.08 Å².